The van der Waals surface area contributed by atoms with Crippen molar-refractivity contribution in [2.75, 3.05) is 0 Å². The van der Waals surface area contributed by atoms with E-state index >= 15 is 0 Å². The molecule has 0 radical (unpaired) electrons. The Hall–Kier alpha value is -0.610. The van der Waals surface area contributed by atoms with Gasteiger partial charge in [0.25, 0.3) is 0 Å². The largest absolute Gasteiger partial charge is 0.366 e. The molecule has 0 aromatic carbocycles. The zero-order valence-corrected chi connectivity index (χ0v) is 5.73. The second-order valence-corrected chi connectivity index (χ2v) is 2.69. The summed E-state index contributed by atoms with van der Waals surface area (Å²) in [7, 11) is 0. The normalized spacial score (nSPS) is 13.6. The Balaban J connectivity index is 3.08. The van der Waals surface area contributed by atoms with Gasteiger partial charge in [0.2, 0.25) is 0 Å². The summed E-state index contributed by atoms with van der Waals surface area (Å²) in [6.07, 6.45) is 3.20. The molecule has 0 saturated carbocycles. The van der Waals surface area contributed by atoms with Gasteiger partial charge in [-0.05, 0) is 12.5 Å². The predicted molar refractivity (Wildman–Crippen MR) is 34.6 cm³/mol. The van der Waals surface area contributed by atoms with E-state index in [0.29, 0.717) is 4.90 Å². The molecule has 0 aliphatic rings. The number of aryl methyl sites for hydroxylation is 1. The molecule has 0 fully saturated rings. The highest BCUT2D eigenvalue weighted by Crippen LogP contribution is 2.08. The van der Waals surface area contributed by atoms with Crippen molar-refractivity contribution in [3.05, 3.63) is 18.0 Å². The van der Waals surface area contributed by atoms with Crippen LogP contribution in [0.2, 0.25) is 0 Å². The van der Waals surface area contributed by atoms with Gasteiger partial charge >= 0.3 is 0 Å². The van der Waals surface area contributed by atoms with Crippen molar-refractivity contribution in [3.8, 4) is 0 Å². The van der Waals surface area contributed by atoms with Crippen molar-refractivity contribution < 1.29 is 8.76 Å². The number of rotatable bonds is 1. The van der Waals surface area contributed by atoms with E-state index in [9.17, 15) is 4.21 Å². The van der Waals surface area contributed by atoms with Gasteiger partial charge in [-0.15, -0.1) is 0 Å². The molecule has 2 N–H and O–H groups in total. The second kappa shape index (κ2) is 2.33. The molecule has 0 bridgehead atoms. The standard InChI is InChI=1S/C5H7NO2S/c1-4-2-6-3-5(4)9(7)8/h2-3,6H,1H3,(H,7,8). The van der Waals surface area contributed by atoms with Crippen LogP contribution in [0.3, 0.4) is 0 Å². The number of nitrogens with one attached hydrogen (secondary N) is 1. The maximum Gasteiger partial charge on any atom is 0.188 e. The zero-order chi connectivity index (χ0) is 6.85. The van der Waals surface area contributed by atoms with Gasteiger partial charge < -0.3 is 9.54 Å². The van der Waals surface area contributed by atoms with Crippen LogP contribution >= 0.6 is 0 Å². The average molecular weight is 145 g/mol. The Morgan fingerprint density at radius 2 is 2.33 bits per heavy atom. The van der Waals surface area contributed by atoms with Crippen LogP contribution in [-0.4, -0.2) is 13.7 Å². The lowest BCUT2D eigenvalue weighted by molar-refractivity contribution is 0.564. The molecule has 9 heavy (non-hydrogen) atoms. The number of H-pyrrole nitrogens is 1. The molecule has 1 heterocycles. The first-order chi connectivity index (χ1) is 4.22. The molecule has 1 unspecified atom stereocenters. The lowest BCUT2D eigenvalue weighted by atomic mass is 10.4. The van der Waals surface area contributed by atoms with Gasteiger partial charge in [-0.2, -0.15) is 0 Å². The molecule has 1 aromatic heterocycles. The smallest absolute Gasteiger partial charge is 0.188 e. The Morgan fingerprint density at radius 1 is 1.67 bits per heavy atom. The van der Waals surface area contributed by atoms with Crippen LogP contribution in [-0.2, 0) is 11.1 Å². The first-order valence-electron chi connectivity index (χ1n) is 2.46. The highest BCUT2D eigenvalue weighted by molar-refractivity contribution is 7.79. The molecule has 50 valence electrons. The Morgan fingerprint density at radius 3 is 2.56 bits per heavy atom. The van der Waals surface area contributed by atoms with E-state index in [4.69, 9.17) is 4.55 Å². The third-order valence-corrected chi connectivity index (χ3v) is 1.91. The Bertz CT molecular complexity index is 231. The fourth-order valence-corrected chi connectivity index (χ4v) is 1.12. The second-order valence-electron chi connectivity index (χ2n) is 1.75. The molecule has 0 spiro atoms. The fraction of sp³-hybridized carbons (Fsp3) is 0.200. The molecule has 0 aliphatic heterocycles. The molecule has 3 nitrogen and oxygen atoms in total. The van der Waals surface area contributed by atoms with Gasteiger partial charge in [-0.1, -0.05) is 0 Å². The van der Waals surface area contributed by atoms with Crippen molar-refractivity contribution in [2.24, 2.45) is 0 Å². The highest BCUT2D eigenvalue weighted by Gasteiger charge is 2.02. The minimum Gasteiger partial charge on any atom is -0.366 e. The number of aromatic amines is 1. The summed E-state index contributed by atoms with van der Waals surface area (Å²) in [4.78, 5) is 3.18. The maximum atomic E-state index is 10.4. The van der Waals surface area contributed by atoms with Gasteiger partial charge in [-0.25, -0.2) is 4.21 Å². The van der Waals surface area contributed by atoms with Gasteiger partial charge in [0, 0.05) is 12.4 Å². The third-order valence-electron chi connectivity index (χ3n) is 1.09. The summed E-state index contributed by atoms with van der Waals surface area (Å²) in [5.74, 6) is 0. The van der Waals surface area contributed by atoms with Crippen LogP contribution in [0, 0.1) is 6.92 Å². The SMILES string of the molecule is Cc1c[nH]cc1S(=O)O. The molecular formula is C5H7NO2S. The monoisotopic (exact) mass is 145 g/mol. The third kappa shape index (κ3) is 1.20. The van der Waals surface area contributed by atoms with E-state index in [-0.39, 0.29) is 0 Å². The average Bonchev–Trinajstić information content (AvgIpc) is 2.13. The maximum absolute atomic E-state index is 10.4. The summed E-state index contributed by atoms with van der Waals surface area (Å²) >= 11 is -1.84. The molecule has 1 rings (SSSR count). The molecule has 1 aromatic rings. The highest BCUT2D eigenvalue weighted by atomic mass is 32.2. The van der Waals surface area contributed by atoms with Gasteiger partial charge in [0.15, 0.2) is 11.1 Å². The van der Waals surface area contributed by atoms with E-state index in [2.05, 4.69) is 4.98 Å². The lowest BCUT2D eigenvalue weighted by Gasteiger charge is -1.87. The van der Waals surface area contributed by atoms with Gasteiger partial charge in [0.1, 0.15) is 0 Å². The van der Waals surface area contributed by atoms with E-state index < -0.39 is 11.1 Å². The minimum atomic E-state index is -1.84. The molecule has 0 aliphatic carbocycles. The van der Waals surface area contributed by atoms with Crippen LogP contribution in [0.15, 0.2) is 17.3 Å². The van der Waals surface area contributed by atoms with Crippen LogP contribution in [0.5, 0.6) is 0 Å². The van der Waals surface area contributed by atoms with Crippen molar-refractivity contribution >= 4 is 11.1 Å². The van der Waals surface area contributed by atoms with E-state index in [1.807, 2.05) is 0 Å². The summed E-state index contributed by atoms with van der Waals surface area (Å²) in [6.45, 7) is 1.78. The Labute approximate surface area is 55.4 Å². The van der Waals surface area contributed by atoms with Gasteiger partial charge in [-0.3, -0.25) is 0 Å². The van der Waals surface area contributed by atoms with Crippen molar-refractivity contribution in [2.45, 2.75) is 11.8 Å². The summed E-state index contributed by atoms with van der Waals surface area (Å²) in [6, 6.07) is 0. The fourth-order valence-electron chi connectivity index (χ4n) is 0.615. The lowest BCUT2D eigenvalue weighted by Crippen LogP contribution is -1.86. The summed E-state index contributed by atoms with van der Waals surface area (Å²) < 4.78 is 18.9. The molecule has 1 atom stereocenters. The minimum absolute atomic E-state index is 0.454. The van der Waals surface area contributed by atoms with Crippen molar-refractivity contribution in [1.82, 2.24) is 4.98 Å². The number of aromatic nitrogens is 1. The van der Waals surface area contributed by atoms with Crippen LogP contribution in [0.25, 0.3) is 0 Å². The van der Waals surface area contributed by atoms with Crippen LogP contribution < -0.4 is 0 Å². The van der Waals surface area contributed by atoms with E-state index in [1.54, 1.807) is 13.1 Å². The number of hydrogen-bond acceptors (Lipinski definition) is 1. The summed E-state index contributed by atoms with van der Waals surface area (Å²) in [5, 5.41) is 0. The summed E-state index contributed by atoms with van der Waals surface area (Å²) in [5.41, 5.74) is 0.816. The quantitative estimate of drug-likeness (QED) is 0.577. The zero-order valence-electron chi connectivity index (χ0n) is 4.92. The molecule has 4 heteroatoms. The topological polar surface area (TPSA) is 53.1 Å². The molecule has 0 amide bonds. The molecular weight excluding hydrogens is 138 g/mol. The van der Waals surface area contributed by atoms with Crippen LogP contribution in [0.1, 0.15) is 5.56 Å². The number of hydrogen-bond donors (Lipinski definition) is 2. The van der Waals surface area contributed by atoms with Gasteiger partial charge in [0.05, 0.1) is 4.90 Å². The van der Waals surface area contributed by atoms with Crippen LogP contribution in [0.4, 0.5) is 0 Å². The predicted octanol–water partition coefficient (Wildman–Crippen LogP) is 0.904. The first kappa shape index (κ1) is 6.51. The Kier molecular flexibility index (Phi) is 1.68. The van der Waals surface area contributed by atoms with E-state index in [0.717, 1.165) is 5.56 Å². The van der Waals surface area contributed by atoms with E-state index in [1.165, 1.54) is 6.20 Å². The van der Waals surface area contributed by atoms with Crippen molar-refractivity contribution in [1.29, 1.82) is 0 Å². The first-order valence-corrected chi connectivity index (χ1v) is 3.56. The molecule has 0 saturated heterocycles. The van der Waals surface area contributed by atoms with Crippen molar-refractivity contribution in [3.63, 3.8) is 0 Å².